The highest BCUT2D eigenvalue weighted by Gasteiger charge is 2.39. The molecular formula is C16H18FN3O3S. The van der Waals surface area contributed by atoms with Crippen molar-refractivity contribution in [1.29, 1.82) is 0 Å². The molecule has 2 heterocycles. The van der Waals surface area contributed by atoms with Crippen molar-refractivity contribution >= 4 is 17.7 Å². The van der Waals surface area contributed by atoms with E-state index >= 15 is 0 Å². The maximum absolute atomic E-state index is 13.8. The Kier molecular flexibility index (Phi) is 4.86. The lowest BCUT2D eigenvalue weighted by Crippen LogP contribution is -2.32. The number of aryl methyl sites for hydroxylation is 1. The quantitative estimate of drug-likeness (QED) is 0.911. The van der Waals surface area contributed by atoms with Crippen LogP contribution in [0.25, 0.3) is 0 Å². The van der Waals surface area contributed by atoms with Gasteiger partial charge in [-0.1, -0.05) is 5.16 Å². The first-order valence-electron chi connectivity index (χ1n) is 7.56. The molecule has 1 aliphatic heterocycles. The molecule has 0 spiro atoms. The van der Waals surface area contributed by atoms with E-state index in [0.29, 0.717) is 35.0 Å². The second kappa shape index (κ2) is 6.90. The monoisotopic (exact) mass is 351 g/mol. The molecule has 1 aromatic carbocycles. The van der Waals surface area contributed by atoms with E-state index in [9.17, 15) is 14.3 Å². The van der Waals surface area contributed by atoms with Crippen LogP contribution in [0.1, 0.15) is 40.1 Å². The number of likely N-dealkylation sites (tertiary alicyclic amines) is 1. The molecule has 3 rings (SSSR count). The van der Waals surface area contributed by atoms with Crippen molar-refractivity contribution in [2.75, 3.05) is 12.8 Å². The summed E-state index contributed by atoms with van der Waals surface area (Å²) in [4.78, 5) is 18.5. The van der Waals surface area contributed by atoms with Gasteiger partial charge in [0, 0.05) is 24.3 Å². The number of aliphatic hydroxyl groups excluding tert-OH is 1. The van der Waals surface area contributed by atoms with E-state index in [-0.39, 0.29) is 18.3 Å². The number of aromatic nitrogens is 2. The molecule has 1 saturated heterocycles. The molecule has 2 atom stereocenters. The second-order valence-electron chi connectivity index (χ2n) is 5.78. The Balaban J connectivity index is 1.89. The molecule has 6 nitrogen and oxygen atoms in total. The summed E-state index contributed by atoms with van der Waals surface area (Å²) in [6.45, 7) is 1.87. The lowest BCUT2D eigenvalue weighted by molar-refractivity contribution is 0.0693. The van der Waals surface area contributed by atoms with Gasteiger partial charge >= 0.3 is 0 Å². The van der Waals surface area contributed by atoms with E-state index in [0.717, 1.165) is 0 Å². The van der Waals surface area contributed by atoms with E-state index in [2.05, 4.69) is 10.1 Å². The highest BCUT2D eigenvalue weighted by Crippen LogP contribution is 2.32. The number of hydrogen-bond donors (Lipinski definition) is 1. The summed E-state index contributed by atoms with van der Waals surface area (Å²) < 4.78 is 19.0. The summed E-state index contributed by atoms with van der Waals surface area (Å²) in [7, 11) is 0. The van der Waals surface area contributed by atoms with Crippen molar-refractivity contribution in [3.05, 3.63) is 46.9 Å². The van der Waals surface area contributed by atoms with Crippen molar-refractivity contribution in [2.45, 2.75) is 31.2 Å². The van der Waals surface area contributed by atoms with Crippen LogP contribution < -0.4 is 0 Å². The van der Waals surface area contributed by atoms with Crippen LogP contribution in [0.3, 0.4) is 0 Å². The number of nitrogens with zero attached hydrogens (tertiary/aromatic N) is 3. The molecular weight excluding hydrogens is 333 g/mol. The summed E-state index contributed by atoms with van der Waals surface area (Å²) in [6.07, 6.45) is 1.56. The minimum atomic E-state index is -0.655. The Bertz CT molecular complexity index is 752. The van der Waals surface area contributed by atoms with Gasteiger partial charge in [0.05, 0.1) is 6.10 Å². The van der Waals surface area contributed by atoms with E-state index < -0.39 is 12.1 Å². The first-order chi connectivity index (χ1) is 11.5. The van der Waals surface area contributed by atoms with E-state index in [1.807, 2.05) is 6.26 Å². The summed E-state index contributed by atoms with van der Waals surface area (Å²) in [5, 5.41) is 13.7. The maximum atomic E-state index is 13.8. The first-order valence-corrected chi connectivity index (χ1v) is 8.95. The number of carbonyl (C=O) groups is 1. The predicted octanol–water partition coefficient (Wildman–Crippen LogP) is 2.33. The number of benzene rings is 1. The number of halogens is 1. The lowest BCUT2D eigenvalue weighted by Gasteiger charge is -2.22. The van der Waals surface area contributed by atoms with Gasteiger partial charge in [-0.3, -0.25) is 4.79 Å². The fourth-order valence-electron chi connectivity index (χ4n) is 2.86. The zero-order chi connectivity index (χ0) is 17.3. The SMILES string of the molecule is CSCc1cc(C(=O)N2C[C@H](O)C[C@@H]2c2nc(C)no2)ccc1F. The van der Waals surface area contributed by atoms with Gasteiger partial charge in [0.15, 0.2) is 5.82 Å². The largest absolute Gasteiger partial charge is 0.391 e. The number of thioether (sulfide) groups is 1. The highest BCUT2D eigenvalue weighted by atomic mass is 32.2. The lowest BCUT2D eigenvalue weighted by atomic mass is 10.1. The molecule has 2 aromatic rings. The fourth-order valence-corrected chi connectivity index (χ4v) is 3.39. The Morgan fingerprint density at radius 3 is 3.00 bits per heavy atom. The van der Waals surface area contributed by atoms with Crippen molar-refractivity contribution < 1.29 is 18.8 Å². The Morgan fingerprint density at radius 2 is 2.33 bits per heavy atom. The zero-order valence-electron chi connectivity index (χ0n) is 13.4. The molecule has 1 fully saturated rings. The molecule has 128 valence electrons. The van der Waals surface area contributed by atoms with Crippen LogP contribution in [0.15, 0.2) is 22.7 Å². The average molecular weight is 351 g/mol. The number of carbonyl (C=O) groups excluding carboxylic acids is 1. The minimum Gasteiger partial charge on any atom is -0.391 e. The van der Waals surface area contributed by atoms with Crippen molar-refractivity contribution in [1.82, 2.24) is 15.0 Å². The fraction of sp³-hybridized carbons (Fsp3) is 0.438. The molecule has 1 N–H and O–H groups in total. The van der Waals surface area contributed by atoms with E-state index in [1.54, 1.807) is 13.0 Å². The van der Waals surface area contributed by atoms with Gasteiger partial charge in [0.2, 0.25) is 5.89 Å². The zero-order valence-corrected chi connectivity index (χ0v) is 14.2. The van der Waals surface area contributed by atoms with Gasteiger partial charge in [-0.05, 0) is 36.9 Å². The molecule has 1 amide bonds. The Morgan fingerprint density at radius 1 is 1.54 bits per heavy atom. The smallest absolute Gasteiger partial charge is 0.254 e. The number of aliphatic hydroxyl groups is 1. The number of β-amino-alcohol motifs (C(OH)–C–C–N with tert-alkyl or cyclic N) is 1. The Hall–Kier alpha value is -1.93. The van der Waals surface area contributed by atoms with Gasteiger partial charge in [-0.15, -0.1) is 0 Å². The summed E-state index contributed by atoms with van der Waals surface area (Å²) >= 11 is 1.48. The predicted molar refractivity (Wildman–Crippen MR) is 87.1 cm³/mol. The van der Waals surface area contributed by atoms with Crippen molar-refractivity contribution in [3.63, 3.8) is 0 Å². The first kappa shape index (κ1) is 16.9. The summed E-state index contributed by atoms with van der Waals surface area (Å²) in [5.41, 5.74) is 0.870. The van der Waals surface area contributed by atoms with E-state index in [4.69, 9.17) is 4.52 Å². The summed E-state index contributed by atoms with van der Waals surface area (Å²) in [5.74, 6) is 0.662. The third-order valence-electron chi connectivity index (χ3n) is 3.96. The maximum Gasteiger partial charge on any atom is 0.254 e. The van der Waals surface area contributed by atoms with Gasteiger partial charge < -0.3 is 14.5 Å². The second-order valence-corrected chi connectivity index (χ2v) is 6.65. The van der Waals surface area contributed by atoms with Gasteiger partial charge in [-0.25, -0.2) is 4.39 Å². The average Bonchev–Trinajstić information content (AvgIpc) is 3.14. The minimum absolute atomic E-state index is 0.181. The molecule has 1 aromatic heterocycles. The molecule has 0 unspecified atom stereocenters. The Labute approximate surface area is 143 Å². The molecule has 0 aliphatic carbocycles. The van der Waals surface area contributed by atoms with Gasteiger partial charge in [0.25, 0.3) is 5.91 Å². The number of hydrogen-bond acceptors (Lipinski definition) is 6. The van der Waals surface area contributed by atoms with Crippen LogP contribution in [-0.2, 0) is 5.75 Å². The molecule has 0 saturated carbocycles. The van der Waals surface area contributed by atoms with Gasteiger partial charge in [0.1, 0.15) is 11.9 Å². The van der Waals surface area contributed by atoms with Gasteiger partial charge in [-0.2, -0.15) is 16.7 Å². The van der Waals surface area contributed by atoms with Crippen molar-refractivity contribution in [2.24, 2.45) is 0 Å². The standard InChI is InChI=1S/C16H18FN3O3S/c1-9-18-15(23-19-9)14-6-12(21)7-20(14)16(22)10-3-4-13(17)11(5-10)8-24-2/h3-5,12,14,21H,6-8H2,1-2H3/t12-,14-/m1/s1. The molecule has 24 heavy (non-hydrogen) atoms. The van der Waals surface area contributed by atoms with Crippen LogP contribution in [0.2, 0.25) is 0 Å². The van der Waals surface area contributed by atoms with Crippen LogP contribution in [0.4, 0.5) is 4.39 Å². The third kappa shape index (κ3) is 3.29. The number of amides is 1. The van der Waals surface area contributed by atoms with Crippen LogP contribution in [-0.4, -0.2) is 45.0 Å². The number of rotatable bonds is 4. The van der Waals surface area contributed by atoms with Crippen molar-refractivity contribution in [3.8, 4) is 0 Å². The van der Waals surface area contributed by atoms with Crippen LogP contribution >= 0.6 is 11.8 Å². The van der Waals surface area contributed by atoms with Crippen LogP contribution in [0, 0.1) is 12.7 Å². The molecule has 0 bridgehead atoms. The third-order valence-corrected chi connectivity index (χ3v) is 4.56. The topological polar surface area (TPSA) is 79.5 Å². The molecule has 1 aliphatic rings. The van der Waals surface area contributed by atoms with E-state index in [1.165, 1.54) is 28.8 Å². The van der Waals surface area contributed by atoms with Crippen LogP contribution in [0.5, 0.6) is 0 Å². The molecule has 8 heteroatoms. The molecule has 0 radical (unpaired) electrons. The highest BCUT2D eigenvalue weighted by molar-refractivity contribution is 7.97. The summed E-state index contributed by atoms with van der Waals surface area (Å²) in [6, 6.07) is 3.86. The normalized spacial score (nSPS) is 20.6.